The van der Waals surface area contributed by atoms with Gasteiger partial charge < -0.3 is 0 Å². The highest BCUT2D eigenvalue weighted by Crippen LogP contribution is 2.33. The van der Waals surface area contributed by atoms with Gasteiger partial charge >= 0.3 is 0 Å². The predicted octanol–water partition coefficient (Wildman–Crippen LogP) is 4.50. The van der Waals surface area contributed by atoms with Gasteiger partial charge in [-0.05, 0) is 25.7 Å². The molecule has 0 aliphatic carbocycles. The van der Waals surface area contributed by atoms with E-state index < -0.39 is 0 Å². The SMILES string of the molecule is Cc1nc(CC(CCl)(CCl)CC(C)C)cs1. The number of nitrogens with zero attached hydrogens (tertiary/aromatic N) is 1. The number of halogens is 2. The number of rotatable bonds is 6. The normalized spacial score (nSPS) is 12.4. The topological polar surface area (TPSA) is 12.9 Å². The maximum atomic E-state index is 6.12. The van der Waals surface area contributed by atoms with Crippen molar-refractivity contribution in [3.05, 3.63) is 16.1 Å². The fourth-order valence-corrected chi connectivity index (χ4v) is 3.36. The van der Waals surface area contributed by atoms with Gasteiger partial charge in [-0.2, -0.15) is 0 Å². The maximum absolute atomic E-state index is 6.12. The lowest BCUT2D eigenvalue weighted by Gasteiger charge is -2.30. The standard InChI is InChI=1S/C12H19Cl2NS/c1-9(2)4-12(7-13,8-14)5-11-6-16-10(3)15-11/h6,9H,4-5,7-8H2,1-3H3. The van der Waals surface area contributed by atoms with Gasteiger partial charge in [-0.25, -0.2) is 4.98 Å². The smallest absolute Gasteiger partial charge is 0.0897 e. The molecule has 92 valence electrons. The lowest BCUT2D eigenvalue weighted by Crippen LogP contribution is -2.30. The van der Waals surface area contributed by atoms with Crippen LogP contribution in [0.1, 0.15) is 31.0 Å². The highest BCUT2D eigenvalue weighted by Gasteiger charge is 2.30. The molecule has 0 fully saturated rings. The first-order valence-corrected chi connectivity index (χ1v) is 7.49. The summed E-state index contributed by atoms with van der Waals surface area (Å²) in [6.45, 7) is 6.44. The van der Waals surface area contributed by atoms with E-state index in [9.17, 15) is 0 Å². The number of hydrogen-bond acceptors (Lipinski definition) is 2. The van der Waals surface area contributed by atoms with Crippen molar-refractivity contribution in [1.29, 1.82) is 0 Å². The summed E-state index contributed by atoms with van der Waals surface area (Å²) in [4.78, 5) is 4.50. The van der Waals surface area contributed by atoms with Crippen LogP contribution in [0.2, 0.25) is 0 Å². The van der Waals surface area contributed by atoms with Crippen molar-refractivity contribution in [2.75, 3.05) is 11.8 Å². The molecule has 0 saturated heterocycles. The van der Waals surface area contributed by atoms with Crippen molar-refractivity contribution in [3.63, 3.8) is 0 Å². The first-order chi connectivity index (χ1) is 7.51. The molecule has 1 rings (SSSR count). The van der Waals surface area contributed by atoms with Crippen LogP contribution >= 0.6 is 34.5 Å². The van der Waals surface area contributed by atoms with Gasteiger partial charge in [-0.3, -0.25) is 0 Å². The van der Waals surface area contributed by atoms with E-state index in [0.29, 0.717) is 17.7 Å². The number of alkyl halides is 2. The van der Waals surface area contributed by atoms with Crippen LogP contribution in [-0.2, 0) is 6.42 Å². The fraction of sp³-hybridized carbons (Fsp3) is 0.750. The van der Waals surface area contributed by atoms with Gasteiger partial charge in [0.05, 0.1) is 10.7 Å². The summed E-state index contributed by atoms with van der Waals surface area (Å²) in [7, 11) is 0. The molecule has 1 aromatic rings. The molecule has 0 N–H and O–H groups in total. The van der Waals surface area contributed by atoms with E-state index in [1.54, 1.807) is 11.3 Å². The Balaban J connectivity index is 2.77. The maximum Gasteiger partial charge on any atom is 0.0897 e. The van der Waals surface area contributed by atoms with Crippen molar-refractivity contribution in [1.82, 2.24) is 4.98 Å². The van der Waals surface area contributed by atoms with Crippen LogP contribution in [0.4, 0.5) is 0 Å². The Bertz CT molecular complexity index is 319. The summed E-state index contributed by atoms with van der Waals surface area (Å²) in [5, 5.41) is 3.22. The molecule has 0 aliphatic heterocycles. The van der Waals surface area contributed by atoms with Crippen LogP contribution in [0.25, 0.3) is 0 Å². The average Bonchev–Trinajstić information content (AvgIpc) is 2.62. The fourth-order valence-electron chi connectivity index (χ4n) is 2.05. The Labute approximate surface area is 112 Å². The third-order valence-electron chi connectivity index (χ3n) is 2.63. The van der Waals surface area contributed by atoms with Crippen LogP contribution in [0.15, 0.2) is 5.38 Å². The predicted molar refractivity (Wildman–Crippen MR) is 73.9 cm³/mol. The summed E-state index contributed by atoms with van der Waals surface area (Å²) in [5.74, 6) is 1.81. The van der Waals surface area contributed by atoms with Crippen LogP contribution in [-0.4, -0.2) is 16.7 Å². The van der Waals surface area contributed by atoms with Crippen LogP contribution in [0, 0.1) is 18.3 Å². The molecule has 0 atom stereocenters. The van der Waals surface area contributed by atoms with Crippen molar-refractivity contribution in [3.8, 4) is 0 Å². The Morgan fingerprint density at radius 3 is 2.38 bits per heavy atom. The molecule has 0 unspecified atom stereocenters. The molecular formula is C12H19Cl2NS. The number of hydrogen-bond donors (Lipinski definition) is 0. The summed E-state index contributed by atoms with van der Waals surface area (Å²) in [6, 6.07) is 0. The Hall–Kier alpha value is 0.210. The largest absolute Gasteiger partial charge is 0.247 e. The number of aromatic nitrogens is 1. The minimum atomic E-state index is -0.00219. The van der Waals surface area contributed by atoms with Crippen molar-refractivity contribution in [2.45, 2.75) is 33.6 Å². The average molecular weight is 280 g/mol. The van der Waals surface area contributed by atoms with Gasteiger partial charge in [0.2, 0.25) is 0 Å². The van der Waals surface area contributed by atoms with E-state index in [1.807, 2.05) is 6.92 Å². The third kappa shape index (κ3) is 3.90. The molecule has 0 saturated carbocycles. The van der Waals surface area contributed by atoms with Gasteiger partial charge in [-0.15, -0.1) is 34.5 Å². The molecule has 1 aromatic heterocycles. The molecular weight excluding hydrogens is 261 g/mol. The monoisotopic (exact) mass is 279 g/mol. The molecule has 16 heavy (non-hydrogen) atoms. The lowest BCUT2D eigenvalue weighted by molar-refractivity contribution is 0.293. The van der Waals surface area contributed by atoms with E-state index in [4.69, 9.17) is 23.2 Å². The summed E-state index contributed by atoms with van der Waals surface area (Å²) in [5.41, 5.74) is 1.13. The molecule has 1 nitrogen and oxygen atoms in total. The van der Waals surface area contributed by atoms with Crippen LogP contribution < -0.4 is 0 Å². The van der Waals surface area contributed by atoms with Crippen LogP contribution in [0.3, 0.4) is 0 Å². The van der Waals surface area contributed by atoms with Crippen LogP contribution in [0.5, 0.6) is 0 Å². The molecule has 0 aromatic carbocycles. The van der Waals surface area contributed by atoms with Gasteiger partial charge in [0.15, 0.2) is 0 Å². The third-order valence-corrected chi connectivity index (χ3v) is 4.59. The number of thiazole rings is 1. The van der Waals surface area contributed by atoms with E-state index in [-0.39, 0.29) is 5.41 Å². The Morgan fingerprint density at radius 2 is 2.00 bits per heavy atom. The van der Waals surface area contributed by atoms with Gasteiger partial charge in [-0.1, -0.05) is 13.8 Å². The van der Waals surface area contributed by atoms with Crippen molar-refractivity contribution >= 4 is 34.5 Å². The summed E-state index contributed by atoms with van der Waals surface area (Å²) < 4.78 is 0. The van der Waals surface area contributed by atoms with Gasteiger partial charge in [0.25, 0.3) is 0 Å². The van der Waals surface area contributed by atoms with Crippen molar-refractivity contribution < 1.29 is 0 Å². The van der Waals surface area contributed by atoms with E-state index in [0.717, 1.165) is 23.5 Å². The zero-order chi connectivity index (χ0) is 12.2. The molecule has 0 spiro atoms. The highest BCUT2D eigenvalue weighted by atomic mass is 35.5. The summed E-state index contributed by atoms with van der Waals surface area (Å²) in [6.07, 6.45) is 1.94. The molecule has 0 radical (unpaired) electrons. The zero-order valence-corrected chi connectivity index (χ0v) is 12.4. The highest BCUT2D eigenvalue weighted by molar-refractivity contribution is 7.09. The quantitative estimate of drug-likeness (QED) is 0.699. The zero-order valence-electron chi connectivity index (χ0n) is 10.1. The van der Waals surface area contributed by atoms with E-state index in [1.165, 1.54) is 0 Å². The summed E-state index contributed by atoms with van der Waals surface area (Å²) >= 11 is 13.9. The second kappa shape index (κ2) is 6.23. The first kappa shape index (κ1) is 14.3. The minimum Gasteiger partial charge on any atom is -0.247 e. The Morgan fingerprint density at radius 1 is 1.38 bits per heavy atom. The van der Waals surface area contributed by atoms with Gasteiger partial charge in [0.1, 0.15) is 0 Å². The van der Waals surface area contributed by atoms with E-state index >= 15 is 0 Å². The number of aryl methyl sites for hydroxylation is 1. The second-order valence-electron chi connectivity index (χ2n) is 4.90. The van der Waals surface area contributed by atoms with Crippen molar-refractivity contribution in [2.24, 2.45) is 11.3 Å². The molecule has 4 heteroatoms. The first-order valence-electron chi connectivity index (χ1n) is 5.54. The van der Waals surface area contributed by atoms with E-state index in [2.05, 4.69) is 24.2 Å². The van der Waals surface area contributed by atoms with Gasteiger partial charge in [0, 0.05) is 22.6 Å². The molecule has 0 bridgehead atoms. The second-order valence-corrected chi connectivity index (χ2v) is 6.50. The molecule has 1 heterocycles. The Kier molecular flexibility index (Phi) is 5.55. The molecule has 0 amide bonds. The molecule has 0 aliphatic rings. The lowest BCUT2D eigenvalue weighted by atomic mass is 9.80. The minimum absolute atomic E-state index is 0.00219.